The first-order valence-corrected chi connectivity index (χ1v) is 7.87. The lowest BCUT2D eigenvalue weighted by Gasteiger charge is -2.37. The highest BCUT2D eigenvalue weighted by Gasteiger charge is 2.29. The number of nitrogens with zero attached hydrogens (tertiary/aromatic N) is 1. The molecule has 1 amide bonds. The molecule has 1 N–H and O–H groups in total. The van der Waals surface area contributed by atoms with Crippen molar-refractivity contribution in [2.24, 2.45) is 0 Å². The zero-order valence-electron chi connectivity index (χ0n) is 9.90. The molecule has 0 heterocycles. The zero-order chi connectivity index (χ0) is 13.1. The Balaban J connectivity index is 2.23. The summed E-state index contributed by atoms with van der Waals surface area (Å²) in [5, 5.41) is 9.12. The molecule has 0 bridgehead atoms. The van der Waals surface area contributed by atoms with Gasteiger partial charge in [-0.1, -0.05) is 0 Å². The van der Waals surface area contributed by atoms with Crippen LogP contribution in [-0.4, -0.2) is 35.1 Å². The van der Waals surface area contributed by atoms with Crippen molar-refractivity contribution in [1.82, 2.24) is 4.90 Å². The molecule has 0 aromatic heterocycles. The summed E-state index contributed by atoms with van der Waals surface area (Å²) in [7, 11) is 0. The van der Waals surface area contributed by atoms with Gasteiger partial charge in [0.25, 0.3) is 5.91 Å². The second kappa shape index (κ2) is 6.34. The fourth-order valence-corrected chi connectivity index (χ4v) is 2.98. The Hall–Kier alpha value is -0.140. The monoisotopic (exact) mass is 423 g/mol. The normalized spacial score (nSPS) is 15.3. The fraction of sp³-hybridized carbons (Fsp3) is 0.462. The molecular formula is C13H15BrINO2. The lowest BCUT2D eigenvalue weighted by Crippen LogP contribution is -2.45. The number of benzene rings is 1. The number of carbonyl (C=O) groups excluding carboxylic acids is 1. The summed E-state index contributed by atoms with van der Waals surface area (Å²) in [4.78, 5) is 14.3. The van der Waals surface area contributed by atoms with E-state index in [0.29, 0.717) is 18.2 Å². The number of hydrogen-bond donors (Lipinski definition) is 1. The van der Waals surface area contributed by atoms with Crippen LogP contribution in [0.4, 0.5) is 0 Å². The molecule has 18 heavy (non-hydrogen) atoms. The number of aliphatic hydroxyl groups excluding tert-OH is 1. The summed E-state index contributed by atoms with van der Waals surface area (Å²) in [5.74, 6) is 0.0131. The molecule has 0 spiro atoms. The van der Waals surface area contributed by atoms with Crippen LogP contribution < -0.4 is 0 Å². The van der Waals surface area contributed by atoms with Crippen molar-refractivity contribution in [3.63, 3.8) is 0 Å². The maximum Gasteiger partial charge on any atom is 0.255 e. The summed E-state index contributed by atoms with van der Waals surface area (Å²) in [5.41, 5.74) is 0.683. The SMILES string of the molecule is O=C(c1cc(I)ccc1Br)N(CCO)C1CCC1. The van der Waals surface area contributed by atoms with Gasteiger partial charge >= 0.3 is 0 Å². The van der Waals surface area contributed by atoms with Crippen LogP contribution in [0.15, 0.2) is 22.7 Å². The van der Waals surface area contributed by atoms with Gasteiger partial charge in [0.05, 0.1) is 12.2 Å². The number of halogens is 2. The Morgan fingerprint density at radius 2 is 2.22 bits per heavy atom. The molecular weight excluding hydrogens is 409 g/mol. The molecule has 2 rings (SSSR count). The predicted molar refractivity (Wildman–Crippen MR) is 82.6 cm³/mol. The quantitative estimate of drug-likeness (QED) is 0.756. The lowest BCUT2D eigenvalue weighted by atomic mass is 9.91. The average Bonchev–Trinajstić information content (AvgIpc) is 2.28. The van der Waals surface area contributed by atoms with Crippen molar-refractivity contribution in [2.75, 3.05) is 13.2 Å². The molecule has 0 unspecified atom stereocenters. The highest BCUT2D eigenvalue weighted by molar-refractivity contribution is 14.1. The molecule has 1 fully saturated rings. The molecule has 1 saturated carbocycles. The van der Waals surface area contributed by atoms with Gasteiger partial charge in [-0.3, -0.25) is 4.79 Å². The molecule has 98 valence electrons. The van der Waals surface area contributed by atoms with E-state index in [-0.39, 0.29) is 12.5 Å². The Labute approximate surface area is 129 Å². The lowest BCUT2D eigenvalue weighted by molar-refractivity contribution is 0.0525. The van der Waals surface area contributed by atoms with Gasteiger partial charge in [0.2, 0.25) is 0 Å². The highest BCUT2D eigenvalue weighted by atomic mass is 127. The molecule has 0 atom stereocenters. The molecule has 0 radical (unpaired) electrons. The largest absolute Gasteiger partial charge is 0.395 e. The van der Waals surface area contributed by atoms with Gasteiger partial charge in [0.15, 0.2) is 0 Å². The maximum atomic E-state index is 12.5. The van der Waals surface area contributed by atoms with E-state index in [0.717, 1.165) is 20.9 Å². The van der Waals surface area contributed by atoms with E-state index in [1.807, 2.05) is 18.2 Å². The Morgan fingerprint density at radius 1 is 1.50 bits per heavy atom. The van der Waals surface area contributed by atoms with Crippen LogP contribution >= 0.6 is 38.5 Å². The predicted octanol–water partition coefficient (Wildman–Crippen LogP) is 3.04. The van der Waals surface area contributed by atoms with Crippen LogP contribution in [0.3, 0.4) is 0 Å². The van der Waals surface area contributed by atoms with Crippen LogP contribution in [0, 0.1) is 3.57 Å². The first kappa shape index (κ1) is 14.3. The van der Waals surface area contributed by atoms with Crippen LogP contribution in [-0.2, 0) is 0 Å². The van der Waals surface area contributed by atoms with Crippen LogP contribution in [0.25, 0.3) is 0 Å². The molecule has 0 aliphatic heterocycles. The van der Waals surface area contributed by atoms with Crippen molar-refractivity contribution < 1.29 is 9.90 Å². The minimum atomic E-state index is 0.0131. The van der Waals surface area contributed by atoms with E-state index in [1.54, 1.807) is 4.90 Å². The summed E-state index contributed by atoms with van der Waals surface area (Å²) >= 11 is 5.63. The van der Waals surface area contributed by atoms with E-state index in [4.69, 9.17) is 5.11 Å². The van der Waals surface area contributed by atoms with Crippen molar-refractivity contribution >= 4 is 44.4 Å². The summed E-state index contributed by atoms with van der Waals surface area (Å²) in [6.07, 6.45) is 3.27. The standard InChI is InChI=1S/C13H15BrINO2/c14-12-5-4-9(15)8-11(12)13(18)16(6-7-17)10-2-1-3-10/h4-5,8,10,17H,1-3,6-7H2. The van der Waals surface area contributed by atoms with E-state index in [1.165, 1.54) is 6.42 Å². The number of amides is 1. The number of aliphatic hydroxyl groups is 1. The first-order chi connectivity index (χ1) is 8.63. The molecule has 1 aromatic rings. The van der Waals surface area contributed by atoms with Crippen LogP contribution in [0.5, 0.6) is 0 Å². The number of hydrogen-bond acceptors (Lipinski definition) is 2. The van der Waals surface area contributed by atoms with Gasteiger partial charge in [0.1, 0.15) is 0 Å². The topological polar surface area (TPSA) is 40.5 Å². The molecule has 5 heteroatoms. The van der Waals surface area contributed by atoms with Crippen LogP contribution in [0.2, 0.25) is 0 Å². The number of carbonyl (C=O) groups is 1. The molecule has 1 aromatic carbocycles. The molecule has 3 nitrogen and oxygen atoms in total. The van der Waals surface area contributed by atoms with Gasteiger partial charge in [-0.15, -0.1) is 0 Å². The van der Waals surface area contributed by atoms with E-state index < -0.39 is 0 Å². The maximum absolute atomic E-state index is 12.5. The second-order valence-electron chi connectivity index (χ2n) is 4.43. The van der Waals surface area contributed by atoms with E-state index in [9.17, 15) is 4.79 Å². The summed E-state index contributed by atoms with van der Waals surface area (Å²) in [6.45, 7) is 0.436. The third-order valence-electron chi connectivity index (χ3n) is 3.28. The van der Waals surface area contributed by atoms with E-state index >= 15 is 0 Å². The third-order valence-corrected chi connectivity index (χ3v) is 4.64. The molecule has 1 aliphatic carbocycles. The Bertz CT molecular complexity index is 449. The van der Waals surface area contributed by atoms with E-state index in [2.05, 4.69) is 38.5 Å². The Kier molecular flexibility index (Phi) is 5.03. The second-order valence-corrected chi connectivity index (χ2v) is 6.53. The molecule has 0 saturated heterocycles. The first-order valence-electron chi connectivity index (χ1n) is 6.00. The number of rotatable bonds is 4. The minimum absolute atomic E-state index is 0.0131. The highest BCUT2D eigenvalue weighted by Crippen LogP contribution is 2.28. The zero-order valence-corrected chi connectivity index (χ0v) is 13.6. The van der Waals surface area contributed by atoms with Gasteiger partial charge < -0.3 is 10.0 Å². The van der Waals surface area contributed by atoms with Crippen molar-refractivity contribution in [2.45, 2.75) is 25.3 Å². The van der Waals surface area contributed by atoms with Gasteiger partial charge in [-0.2, -0.15) is 0 Å². The Morgan fingerprint density at radius 3 is 2.78 bits per heavy atom. The molecule has 1 aliphatic rings. The third kappa shape index (κ3) is 3.05. The minimum Gasteiger partial charge on any atom is -0.395 e. The van der Waals surface area contributed by atoms with Gasteiger partial charge in [-0.25, -0.2) is 0 Å². The summed E-state index contributed by atoms with van der Waals surface area (Å²) in [6, 6.07) is 6.04. The van der Waals surface area contributed by atoms with Crippen molar-refractivity contribution in [1.29, 1.82) is 0 Å². The summed E-state index contributed by atoms with van der Waals surface area (Å²) < 4.78 is 1.85. The fourth-order valence-electron chi connectivity index (χ4n) is 2.07. The van der Waals surface area contributed by atoms with Gasteiger partial charge in [0, 0.05) is 20.6 Å². The van der Waals surface area contributed by atoms with Gasteiger partial charge in [-0.05, 0) is 76.0 Å². The average molecular weight is 424 g/mol. The van der Waals surface area contributed by atoms with Crippen molar-refractivity contribution in [3.8, 4) is 0 Å². The van der Waals surface area contributed by atoms with Crippen LogP contribution in [0.1, 0.15) is 29.6 Å². The van der Waals surface area contributed by atoms with Crippen molar-refractivity contribution in [3.05, 3.63) is 31.8 Å². The smallest absolute Gasteiger partial charge is 0.255 e.